The van der Waals surface area contributed by atoms with Crippen LogP contribution in [0.5, 0.6) is 0 Å². The molecule has 0 aliphatic carbocycles. The number of ether oxygens (including phenoxy) is 1. The molecule has 3 rings (SSSR count). The van der Waals surface area contributed by atoms with Crippen LogP contribution in [-0.2, 0) is 9.53 Å². The molecule has 1 aliphatic rings. The van der Waals surface area contributed by atoms with Crippen LogP contribution in [0.4, 0.5) is 11.4 Å². The van der Waals surface area contributed by atoms with E-state index in [1.54, 1.807) is 0 Å². The monoisotopic (exact) mass is 392 g/mol. The Balaban J connectivity index is 1.90. The zero-order chi connectivity index (χ0) is 19.6. The Morgan fingerprint density at radius 2 is 2.07 bits per heavy atom. The molecular formula is C17H17ClN4O5. The van der Waals surface area contributed by atoms with Gasteiger partial charge in [0, 0.05) is 25.2 Å². The SMILES string of the molecule is COC(=O)[C@H]1CCCN(c2cnn(-c3ccc([N+](=O)[O-])cc3)c(=O)c2Cl)C1. The second-order valence-corrected chi connectivity index (χ2v) is 6.52. The molecule has 0 amide bonds. The molecule has 0 radical (unpaired) electrons. The zero-order valence-corrected chi connectivity index (χ0v) is 15.3. The van der Waals surface area contributed by atoms with Crippen LogP contribution in [0.1, 0.15) is 12.8 Å². The second kappa shape index (κ2) is 7.75. The van der Waals surface area contributed by atoms with Crippen LogP contribution in [0.2, 0.25) is 5.02 Å². The van der Waals surface area contributed by atoms with E-state index in [0.717, 1.165) is 11.1 Å². The van der Waals surface area contributed by atoms with E-state index in [1.807, 2.05) is 4.90 Å². The number of aromatic nitrogens is 2. The van der Waals surface area contributed by atoms with Crippen molar-refractivity contribution in [1.82, 2.24) is 9.78 Å². The molecule has 0 spiro atoms. The van der Waals surface area contributed by atoms with E-state index in [4.69, 9.17) is 16.3 Å². The minimum absolute atomic E-state index is 0.0196. The first-order valence-corrected chi connectivity index (χ1v) is 8.65. The van der Waals surface area contributed by atoms with Crippen LogP contribution in [-0.4, -0.2) is 40.9 Å². The summed E-state index contributed by atoms with van der Waals surface area (Å²) in [6.45, 7) is 1.05. The fourth-order valence-corrected chi connectivity index (χ4v) is 3.35. The third-order valence-corrected chi connectivity index (χ3v) is 4.86. The van der Waals surface area contributed by atoms with Crippen molar-refractivity contribution in [2.24, 2.45) is 5.92 Å². The highest BCUT2D eigenvalue weighted by Crippen LogP contribution is 2.27. The molecule has 0 N–H and O–H groups in total. The van der Waals surface area contributed by atoms with Crippen LogP contribution in [0, 0.1) is 16.0 Å². The van der Waals surface area contributed by atoms with Crippen LogP contribution in [0.25, 0.3) is 5.69 Å². The molecule has 10 heteroatoms. The predicted molar refractivity (Wildman–Crippen MR) is 98.5 cm³/mol. The standard InChI is InChI=1S/C17H17ClN4O5/c1-27-17(24)11-3-2-8-20(10-11)14-9-19-21(16(23)15(14)18)12-4-6-13(7-5-12)22(25)26/h4-7,9,11H,2-3,8,10H2,1H3/t11-/m0/s1. The number of halogens is 1. The van der Waals surface area contributed by atoms with Gasteiger partial charge in [0.25, 0.3) is 11.2 Å². The molecule has 1 aromatic heterocycles. The maximum absolute atomic E-state index is 12.6. The molecule has 2 heterocycles. The van der Waals surface area contributed by atoms with Crippen molar-refractivity contribution in [2.75, 3.05) is 25.1 Å². The average Bonchev–Trinajstić information content (AvgIpc) is 2.69. The van der Waals surface area contributed by atoms with Crippen molar-refractivity contribution in [3.63, 3.8) is 0 Å². The minimum Gasteiger partial charge on any atom is -0.469 e. The van der Waals surface area contributed by atoms with Crippen molar-refractivity contribution in [3.8, 4) is 5.69 Å². The Hall–Kier alpha value is -2.94. The van der Waals surface area contributed by atoms with Gasteiger partial charge in [0.15, 0.2) is 0 Å². The number of hydrogen-bond acceptors (Lipinski definition) is 7. The van der Waals surface area contributed by atoms with Gasteiger partial charge in [0.05, 0.1) is 35.5 Å². The predicted octanol–water partition coefficient (Wildman–Crippen LogP) is 2.18. The first-order valence-electron chi connectivity index (χ1n) is 8.28. The smallest absolute Gasteiger partial charge is 0.310 e. The molecule has 0 saturated carbocycles. The third-order valence-electron chi connectivity index (χ3n) is 4.50. The molecule has 1 aromatic carbocycles. The van der Waals surface area contributed by atoms with Gasteiger partial charge < -0.3 is 9.64 Å². The number of piperidine rings is 1. The van der Waals surface area contributed by atoms with Crippen molar-refractivity contribution in [3.05, 3.63) is 56.0 Å². The maximum Gasteiger partial charge on any atom is 0.310 e. The number of nitro benzene ring substituents is 1. The van der Waals surface area contributed by atoms with Crippen molar-refractivity contribution >= 4 is 28.9 Å². The molecule has 0 bridgehead atoms. The molecule has 2 aromatic rings. The molecule has 1 aliphatic heterocycles. The highest BCUT2D eigenvalue weighted by atomic mass is 35.5. The lowest BCUT2D eigenvalue weighted by molar-refractivity contribution is -0.384. The summed E-state index contributed by atoms with van der Waals surface area (Å²) in [5, 5.41) is 14.9. The number of non-ortho nitro benzene ring substituents is 1. The van der Waals surface area contributed by atoms with Crippen molar-refractivity contribution in [2.45, 2.75) is 12.8 Å². The van der Waals surface area contributed by atoms with Crippen LogP contribution < -0.4 is 10.5 Å². The first kappa shape index (κ1) is 18.8. The largest absolute Gasteiger partial charge is 0.469 e. The molecule has 1 saturated heterocycles. The van der Waals surface area contributed by atoms with Gasteiger partial charge in [-0.1, -0.05) is 11.6 Å². The number of nitrogens with zero attached hydrogens (tertiary/aromatic N) is 4. The summed E-state index contributed by atoms with van der Waals surface area (Å²) in [6.07, 6.45) is 2.94. The summed E-state index contributed by atoms with van der Waals surface area (Å²) >= 11 is 6.29. The van der Waals surface area contributed by atoms with E-state index < -0.39 is 10.5 Å². The molecule has 0 unspecified atom stereocenters. The summed E-state index contributed by atoms with van der Waals surface area (Å²) in [4.78, 5) is 36.5. The summed E-state index contributed by atoms with van der Waals surface area (Å²) in [5.41, 5.74) is 0.193. The highest BCUT2D eigenvalue weighted by molar-refractivity contribution is 6.33. The summed E-state index contributed by atoms with van der Waals surface area (Å²) in [5.74, 6) is -0.570. The lowest BCUT2D eigenvalue weighted by atomic mass is 9.98. The number of carbonyl (C=O) groups excluding carboxylic acids is 1. The quantitative estimate of drug-likeness (QED) is 0.445. The fraction of sp³-hybridized carbons (Fsp3) is 0.353. The van der Waals surface area contributed by atoms with Crippen LogP contribution in [0.3, 0.4) is 0 Å². The van der Waals surface area contributed by atoms with Gasteiger partial charge in [-0.15, -0.1) is 0 Å². The van der Waals surface area contributed by atoms with Gasteiger partial charge in [-0.2, -0.15) is 9.78 Å². The molecule has 1 fully saturated rings. The first-order chi connectivity index (χ1) is 12.9. The number of methoxy groups -OCH3 is 1. The Bertz CT molecular complexity index is 928. The van der Waals surface area contributed by atoms with Crippen LogP contribution >= 0.6 is 11.6 Å². The zero-order valence-electron chi connectivity index (χ0n) is 14.5. The molecule has 1 atom stereocenters. The Morgan fingerprint density at radius 1 is 1.37 bits per heavy atom. The summed E-state index contributed by atoms with van der Waals surface area (Å²) < 4.78 is 5.88. The van der Waals surface area contributed by atoms with Crippen molar-refractivity contribution < 1.29 is 14.5 Å². The van der Waals surface area contributed by atoms with Gasteiger partial charge in [0.1, 0.15) is 5.02 Å². The van der Waals surface area contributed by atoms with Gasteiger partial charge >= 0.3 is 5.97 Å². The topological polar surface area (TPSA) is 108 Å². The van der Waals surface area contributed by atoms with E-state index in [9.17, 15) is 19.7 Å². The number of nitro groups is 1. The number of carbonyl (C=O) groups is 1. The van der Waals surface area contributed by atoms with E-state index in [-0.39, 0.29) is 22.6 Å². The third kappa shape index (κ3) is 3.77. The molecule has 142 valence electrons. The van der Waals surface area contributed by atoms with E-state index in [0.29, 0.717) is 30.9 Å². The lowest BCUT2D eigenvalue weighted by Crippen LogP contribution is -2.40. The molecular weight excluding hydrogens is 376 g/mol. The maximum atomic E-state index is 12.6. The molecule has 27 heavy (non-hydrogen) atoms. The number of benzene rings is 1. The lowest BCUT2D eigenvalue weighted by Gasteiger charge is -2.33. The highest BCUT2D eigenvalue weighted by Gasteiger charge is 2.28. The number of esters is 1. The van der Waals surface area contributed by atoms with Crippen LogP contribution in [0.15, 0.2) is 35.3 Å². The average molecular weight is 393 g/mol. The second-order valence-electron chi connectivity index (χ2n) is 6.14. The Kier molecular flexibility index (Phi) is 5.41. The molecule has 9 nitrogen and oxygen atoms in total. The van der Waals surface area contributed by atoms with Gasteiger partial charge in [-0.3, -0.25) is 19.7 Å². The van der Waals surface area contributed by atoms with Gasteiger partial charge in [-0.25, -0.2) is 0 Å². The van der Waals surface area contributed by atoms with E-state index in [2.05, 4.69) is 5.10 Å². The number of anilines is 1. The Morgan fingerprint density at radius 3 is 2.70 bits per heavy atom. The van der Waals surface area contributed by atoms with Crippen molar-refractivity contribution in [1.29, 1.82) is 0 Å². The number of hydrogen-bond donors (Lipinski definition) is 0. The van der Waals surface area contributed by atoms with E-state index in [1.165, 1.54) is 37.6 Å². The normalized spacial score (nSPS) is 16.8. The minimum atomic E-state index is -0.539. The van der Waals surface area contributed by atoms with Gasteiger partial charge in [0.2, 0.25) is 0 Å². The van der Waals surface area contributed by atoms with Gasteiger partial charge in [-0.05, 0) is 25.0 Å². The number of rotatable bonds is 4. The fourth-order valence-electron chi connectivity index (χ4n) is 3.10. The summed E-state index contributed by atoms with van der Waals surface area (Å²) in [6, 6.07) is 5.43. The van der Waals surface area contributed by atoms with E-state index >= 15 is 0 Å². The Labute approximate surface area is 159 Å². The summed E-state index contributed by atoms with van der Waals surface area (Å²) in [7, 11) is 1.35.